The van der Waals surface area contributed by atoms with Gasteiger partial charge in [-0.05, 0) is 19.3 Å². The number of allylic oxidation sites excluding steroid dienone is 1. The molecule has 2 aliphatic heterocycles. The summed E-state index contributed by atoms with van der Waals surface area (Å²) < 4.78 is 5.36. The maximum Gasteiger partial charge on any atom is 0.243 e. The summed E-state index contributed by atoms with van der Waals surface area (Å²) in [6, 6.07) is -1.24. The molecule has 3 N–H and O–H groups in total. The van der Waals surface area contributed by atoms with Crippen molar-refractivity contribution in [3.63, 3.8) is 0 Å². The monoisotopic (exact) mass is 450 g/mol. The van der Waals surface area contributed by atoms with Crippen LogP contribution in [0.1, 0.15) is 26.7 Å². The van der Waals surface area contributed by atoms with Crippen molar-refractivity contribution in [1.29, 1.82) is 0 Å². The van der Waals surface area contributed by atoms with Gasteiger partial charge in [-0.15, -0.1) is 0 Å². The van der Waals surface area contributed by atoms with Gasteiger partial charge < -0.3 is 25.4 Å². The molecule has 0 aromatic heterocycles. The van der Waals surface area contributed by atoms with E-state index in [1.54, 1.807) is 14.0 Å². The lowest BCUT2D eigenvalue weighted by molar-refractivity contribution is -0.143. The molecule has 1 aliphatic carbocycles. The van der Waals surface area contributed by atoms with Gasteiger partial charge in [0.25, 0.3) is 0 Å². The second-order valence-corrected chi connectivity index (χ2v) is 9.05. The molecule has 3 rings (SSSR count). The first-order valence-electron chi connectivity index (χ1n) is 11.8. The van der Waals surface area contributed by atoms with Crippen LogP contribution in [0.5, 0.6) is 0 Å². The second-order valence-electron chi connectivity index (χ2n) is 9.05. The first-order chi connectivity index (χ1) is 15.4. The number of hydrogen-bond acceptors (Lipinski definition) is 6. The smallest absolute Gasteiger partial charge is 0.243 e. The predicted octanol–water partition coefficient (Wildman–Crippen LogP) is -0.393. The Morgan fingerprint density at radius 2 is 1.97 bits per heavy atom. The minimum Gasteiger partial charge on any atom is -0.394 e. The highest BCUT2D eigenvalue weighted by Crippen LogP contribution is 2.45. The molecule has 0 unspecified atom stereocenters. The van der Waals surface area contributed by atoms with Crippen molar-refractivity contribution in [2.24, 2.45) is 23.7 Å². The summed E-state index contributed by atoms with van der Waals surface area (Å²) in [5, 5.41) is 15.5. The Balaban J connectivity index is 1.81. The molecule has 0 aromatic carbocycles. The van der Waals surface area contributed by atoms with E-state index >= 15 is 0 Å². The van der Waals surface area contributed by atoms with E-state index in [2.05, 4.69) is 22.5 Å². The molecule has 2 heterocycles. The summed E-state index contributed by atoms with van der Waals surface area (Å²) in [4.78, 5) is 43.4. The third-order valence-electron chi connectivity index (χ3n) is 7.06. The topological polar surface area (TPSA) is 111 Å². The van der Waals surface area contributed by atoms with Crippen LogP contribution in [0.25, 0.3) is 0 Å². The number of carbonyl (C=O) groups is 3. The van der Waals surface area contributed by atoms with Crippen LogP contribution in [0.2, 0.25) is 0 Å². The van der Waals surface area contributed by atoms with Crippen molar-refractivity contribution in [2.75, 3.05) is 53.0 Å². The summed E-state index contributed by atoms with van der Waals surface area (Å²) in [6.45, 7) is 7.82. The molecule has 32 heavy (non-hydrogen) atoms. The Morgan fingerprint density at radius 3 is 2.59 bits per heavy atom. The number of carbonyl (C=O) groups excluding carboxylic acids is 3. The fourth-order valence-electron chi connectivity index (χ4n) is 5.41. The maximum atomic E-state index is 13.6. The van der Waals surface area contributed by atoms with Gasteiger partial charge in [-0.2, -0.15) is 0 Å². The number of morpholine rings is 1. The summed E-state index contributed by atoms with van der Waals surface area (Å²) in [5.74, 6) is -2.16. The number of rotatable bonds is 9. The molecule has 2 fully saturated rings. The van der Waals surface area contributed by atoms with Crippen LogP contribution in [-0.2, 0) is 19.1 Å². The van der Waals surface area contributed by atoms with Crippen molar-refractivity contribution < 1.29 is 24.2 Å². The average Bonchev–Trinajstić information content (AvgIpc) is 3.11. The van der Waals surface area contributed by atoms with Gasteiger partial charge in [-0.25, -0.2) is 0 Å². The Morgan fingerprint density at radius 1 is 1.25 bits per heavy atom. The standard InChI is InChI=1S/C23H38N4O5/c1-4-5-16-6-7-17-19(18(16)21(29)24-3)23(31)27(15(2)14-28)20(17)22(30)25-8-9-26-10-12-32-13-11-26/h6-7,15-20,28H,4-5,8-14H2,1-3H3,(H,24,29)(H,25,30)/t15-,16-,17+,18-,19-,20+/m1/s1. The van der Waals surface area contributed by atoms with Gasteiger partial charge in [0.05, 0.1) is 37.7 Å². The minimum atomic E-state index is -0.731. The van der Waals surface area contributed by atoms with E-state index in [-0.39, 0.29) is 30.2 Å². The number of ether oxygens (including phenoxy) is 1. The zero-order chi connectivity index (χ0) is 23.3. The molecule has 3 amide bonds. The van der Waals surface area contributed by atoms with Crippen LogP contribution in [0.15, 0.2) is 12.2 Å². The number of likely N-dealkylation sites (tertiary alicyclic amines) is 1. The average molecular weight is 451 g/mol. The number of amides is 3. The highest BCUT2D eigenvalue weighted by Gasteiger charge is 2.57. The van der Waals surface area contributed by atoms with Crippen LogP contribution >= 0.6 is 0 Å². The number of aliphatic hydroxyl groups excluding tert-OH is 1. The van der Waals surface area contributed by atoms with E-state index in [9.17, 15) is 19.5 Å². The van der Waals surface area contributed by atoms with Gasteiger partial charge in [0, 0.05) is 39.1 Å². The highest BCUT2D eigenvalue weighted by molar-refractivity contribution is 5.97. The molecule has 9 nitrogen and oxygen atoms in total. The number of aliphatic hydroxyl groups is 1. The van der Waals surface area contributed by atoms with E-state index in [1.807, 2.05) is 12.2 Å². The molecule has 9 heteroatoms. The Hall–Kier alpha value is -1.97. The molecule has 0 saturated carbocycles. The largest absolute Gasteiger partial charge is 0.394 e. The summed E-state index contributed by atoms with van der Waals surface area (Å²) >= 11 is 0. The van der Waals surface area contributed by atoms with Crippen LogP contribution in [-0.4, -0.2) is 97.8 Å². The third-order valence-corrected chi connectivity index (χ3v) is 7.06. The van der Waals surface area contributed by atoms with Crippen molar-refractivity contribution in [3.05, 3.63) is 12.2 Å². The Kier molecular flexibility index (Phi) is 8.67. The van der Waals surface area contributed by atoms with Crippen molar-refractivity contribution in [3.8, 4) is 0 Å². The fraction of sp³-hybridized carbons (Fsp3) is 0.783. The molecular formula is C23H38N4O5. The second kappa shape index (κ2) is 11.2. The van der Waals surface area contributed by atoms with Gasteiger partial charge in [0.1, 0.15) is 6.04 Å². The van der Waals surface area contributed by atoms with E-state index in [1.165, 1.54) is 4.90 Å². The Bertz CT molecular complexity index is 709. The third kappa shape index (κ3) is 5.00. The molecule has 0 spiro atoms. The van der Waals surface area contributed by atoms with Crippen LogP contribution < -0.4 is 10.6 Å². The number of nitrogens with one attached hydrogen (secondary N) is 2. The zero-order valence-electron chi connectivity index (χ0n) is 19.5. The first kappa shape index (κ1) is 24.7. The molecule has 180 valence electrons. The van der Waals surface area contributed by atoms with Crippen molar-refractivity contribution >= 4 is 17.7 Å². The normalized spacial score (nSPS) is 31.3. The van der Waals surface area contributed by atoms with Crippen molar-refractivity contribution in [2.45, 2.75) is 38.8 Å². The molecule has 0 bridgehead atoms. The van der Waals surface area contributed by atoms with Gasteiger partial charge in [-0.3, -0.25) is 19.3 Å². The van der Waals surface area contributed by atoms with Gasteiger partial charge >= 0.3 is 0 Å². The Labute approximate surface area is 190 Å². The lowest BCUT2D eigenvalue weighted by Gasteiger charge is -2.34. The van der Waals surface area contributed by atoms with Gasteiger partial charge in [0.15, 0.2) is 0 Å². The predicted molar refractivity (Wildman–Crippen MR) is 120 cm³/mol. The first-order valence-corrected chi connectivity index (χ1v) is 11.8. The molecular weight excluding hydrogens is 412 g/mol. The molecule has 0 aromatic rings. The summed E-state index contributed by atoms with van der Waals surface area (Å²) in [6.07, 6.45) is 5.67. The van der Waals surface area contributed by atoms with E-state index in [0.29, 0.717) is 26.3 Å². The molecule has 3 aliphatic rings. The quantitative estimate of drug-likeness (QED) is 0.413. The van der Waals surface area contributed by atoms with Crippen LogP contribution in [0.4, 0.5) is 0 Å². The van der Waals surface area contributed by atoms with E-state index in [4.69, 9.17) is 4.74 Å². The molecule has 2 saturated heterocycles. The number of fused-ring (bicyclic) bond motifs is 1. The molecule has 0 radical (unpaired) electrons. The maximum absolute atomic E-state index is 13.6. The SMILES string of the molecule is CCC[C@@H]1C=C[C@H]2[C@@H](C(=O)N([C@H](C)CO)[C@@H]2C(=O)NCCN2CCOCC2)[C@@H]1C(=O)NC. The fourth-order valence-corrected chi connectivity index (χ4v) is 5.41. The van der Waals surface area contributed by atoms with Crippen LogP contribution in [0, 0.1) is 23.7 Å². The number of hydrogen-bond donors (Lipinski definition) is 3. The van der Waals surface area contributed by atoms with Crippen molar-refractivity contribution in [1.82, 2.24) is 20.4 Å². The van der Waals surface area contributed by atoms with E-state index in [0.717, 1.165) is 25.9 Å². The number of nitrogens with zero attached hydrogens (tertiary/aromatic N) is 2. The van der Waals surface area contributed by atoms with Crippen LogP contribution in [0.3, 0.4) is 0 Å². The summed E-state index contributed by atoms with van der Waals surface area (Å²) in [7, 11) is 1.59. The van der Waals surface area contributed by atoms with E-state index < -0.39 is 29.8 Å². The van der Waals surface area contributed by atoms with Gasteiger partial charge in [0.2, 0.25) is 17.7 Å². The lowest BCUT2D eigenvalue weighted by atomic mass is 9.68. The highest BCUT2D eigenvalue weighted by atomic mass is 16.5. The molecule has 6 atom stereocenters. The summed E-state index contributed by atoms with van der Waals surface area (Å²) in [5.41, 5.74) is 0. The van der Waals surface area contributed by atoms with Gasteiger partial charge in [-0.1, -0.05) is 25.5 Å². The minimum absolute atomic E-state index is 0.0421. The zero-order valence-corrected chi connectivity index (χ0v) is 19.5. The lowest BCUT2D eigenvalue weighted by Crippen LogP contribution is -2.52.